The van der Waals surface area contributed by atoms with Gasteiger partial charge in [-0.05, 0) is 36.4 Å². The Labute approximate surface area is 177 Å². The Bertz CT molecular complexity index is 1110. The number of carbonyl (C=O) groups excluding carboxylic acids is 2. The number of furan rings is 1. The van der Waals surface area contributed by atoms with Gasteiger partial charge in [0.1, 0.15) is 11.5 Å². The van der Waals surface area contributed by atoms with E-state index in [1.165, 1.54) is 6.26 Å². The normalized spacial score (nSPS) is 14.1. The Morgan fingerprint density at radius 3 is 2.38 bits per heavy atom. The van der Waals surface area contributed by atoms with Crippen molar-refractivity contribution in [1.82, 2.24) is 4.90 Å². The number of para-hydroxylation sites is 1. The number of hydrogen-bond acceptors (Lipinski definition) is 4. The van der Waals surface area contributed by atoms with Crippen molar-refractivity contribution in [1.29, 1.82) is 0 Å². The lowest BCUT2D eigenvalue weighted by Gasteiger charge is -2.21. The van der Waals surface area contributed by atoms with Crippen molar-refractivity contribution in [2.45, 2.75) is 6.54 Å². The molecule has 0 saturated carbocycles. The van der Waals surface area contributed by atoms with Crippen molar-refractivity contribution >= 4 is 46.3 Å². The van der Waals surface area contributed by atoms with Crippen LogP contribution in [0.2, 0.25) is 10.0 Å². The molecular weight excluding hydrogens is 411 g/mol. The van der Waals surface area contributed by atoms with E-state index in [9.17, 15) is 9.59 Å². The fraction of sp³-hybridized carbons (Fsp3) is 0.0909. The number of nitrogens with zero attached hydrogens (tertiary/aromatic N) is 2. The van der Waals surface area contributed by atoms with E-state index in [2.05, 4.69) is 0 Å². The lowest BCUT2D eigenvalue weighted by atomic mass is 10.0. The molecule has 0 spiro atoms. The third-order valence-electron chi connectivity index (χ3n) is 4.72. The van der Waals surface area contributed by atoms with Crippen LogP contribution in [0, 0.1) is 0 Å². The maximum Gasteiger partial charge on any atom is 0.278 e. The minimum Gasteiger partial charge on any atom is -0.467 e. The van der Waals surface area contributed by atoms with Crippen LogP contribution in [0.25, 0.3) is 5.57 Å². The molecule has 0 radical (unpaired) electrons. The van der Waals surface area contributed by atoms with Crippen LogP contribution < -0.4 is 4.90 Å². The molecule has 2 aromatic carbocycles. The number of rotatable bonds is 5. The maximum absolute atomic E-state index is 13.3. The van der Waals surface area contributed by atoms with Gasteiger partial charge in [-0.2, -0.15) is 0 Å². The molecule has 0 bridgehead atoms. The number of imide groups is 1. The molecular formula is C22H16Cl2N2O3. The van der Waals surface area contributed by atoms with Gasteiger partial charge in [0, 0.05) is 23.3 Å². The van der Waals surface area contributed by atoms with E-state index in [0.717, 1.165) is 10.6 Å². The van der Waals surface area contributed by atoms with E-state index in [1.54, 1.807) is 42.3 Å². The van der Waals surface area contributed by atoms with Gasteiger partial charge < -0.3 is 9.32 Å². The number of amides is 2. The molecule has 0 saturated heterocycles. The molecule has 2 amide bonds. The Morgan fingerprint density at radius 1 is 0.966 bits per heavy atom. The number of likely N-dealkylation sites (N-methyl/N-ethyl adjacent to an activating group) is 1. The van der Waals surface area contributed by atoms with Gasteiger partial charge in [0.25, 0.3) is 11.8 Å². The lowest BCUT2D eigenvalue weighted by Crippen LogP contribution is -2.33. The van der Waals surface area contributed by atoms with Gasteiger partial charge in [0.2, 0.25) is 0 Å². The summed E-state index contributed by atoms with van der Waals surface area (Å²) in [6.07, 6.45) is 1.50. The van der Waals surface area contributed by atoms with Crippen LogP contribution >= 0.6 is 23.2 Å². The summed E-state index contributed by atoms with van der Waals surface area (Å²) in [5.74, 6) is -0.343. The Hall–Kier alpha value is -3.02. The second kappa shape index (κ2) is 7.78. The summed E-state index contributed by atoms with van der Waals surface area (Å²) in [5, 5.41) is 0.744. The predicted octanol–water partition coefficient (Wildman–Crippen LogP) is 5.00. The van der Waals surface area contributed by atoms with Crippen molar-refractivity contribution in [3.8, 4) is 0 Å². The number of carbonyl (C=O) groups is 2. The predicted molar refractivity (Wildman–Crippen MR) is 112 cm³/mol. The molecule has 3 aromatic rings. The average molecular weight is 427 g/mol. The Morgan fingerprint density at radius 2 is 1.72 bits per heavy atom. The molecule has 0 fully saturated rings. The highest BCUT2D eigenvalue weighted by Gasteiger charge is 2.42. The molecule has 1 aliphatic heterocycles. The standard InChI is InChI=1S/C22H16Cl2N2O3/c1-25(15-6-3-2-4-7-15)20-19(17-10-9-14(23)12-18(17)24)21(27)26(22(20)28)13-16-8-5-11-29-16/h2-12H,13H2,1H3. The molecule has 0 atom stereocenters. The smallest absolute Gasteiger partial charge is 0.278 e. The van der Waals surface area contributed by atoms with Gasteiger partial charge in [0.15, 0.2) is 0 Å². The highest BCUT2D eigenvalue weighted by atomic mass is 35.5. The molecule has 0 unspecified atom stereocenters. The van der Waals surface area contributed by atoms with Gasteiger partial charge in [-0.25, -0.2) is 0 Å². The molecule has 0 N–H and O–H groups in total. The summed E-state index contributed by atoms with van der Waals surface area (Å²) in [6, 6.07) is 17.6. The zero-order valence-corrected chi connectivity index (χ0v) is 16.9. The molecule has 29 heavy (non-hydrogen) atoms. The molecule has 146 valence electrons. The summed E-state index contributed by atoms with van der Waals surface area (Å²) in [7, 11) is 1.75. The first-order chi connectivity index (χ1) is 14.0. The van der Waals surface area contributed by atoms with Gasteiger partial charge in [-0.3, -0.25) is 14.5 Å². The zero-order valence-electron chi connectivity index (χ0n) is 15.4. The molecule has 7 heteroatoms. The van der Waals surface area contributed by atoms with Gasteiger partial charge in [-0.15, -0.1) is 0 Å². The first kappa shape index (κ1) is 19.3. The quantitative estimate of drug-likeness (QED) is 0.538. The van der Waals surface area contributed by atoms with E-state index < -0.39 is 11.8 Å². The number of anilines is 1. The molecule has 2 heterocycles. The number of benzene rings is 2. The minimum atomic E-state index is -0.437. The van der Waals surface area contributed by atoms with E-state index in [4.69, 9.17) is 27.6 Å². The van der Waals surface area contributed by atoms with E-state index in [1.807, 2.05) is 30.3 Å². The topological polar surface area (TPSA) is 53.8 Å². The van der Waals surface area contributed by atoms with Crippen LogP contribution in [0.15, 0.2) is 77.0 Å². The summed E-state index contributed by atoms with van der Waals surface area (Å²) in [4.78, 5) is 29.5. The van der Waals surface area contributed by atoms with Gasteiger partial charge >= 0.3 is 0 Å². The van der Waals surface area contributed by atoms with Crippen molar-refractivity contribution < 1.29 is 14.0 Å². The zero-order chi connectivity index (χ0) is 20.5. The van der Waals surface area contributed by atoms with Crippen LogP contribution in [0.1, 0.15) is 11.3 Å². The van der Waals surface area contributed by atoms with Crippen molar-refractivity contribution in [2.24, 2.45) is 0 Å². The van der Waals surface area contributed by atoms with Crippen LogP contribution in [0.4, 0.5) is 5.69 Å². The molecule has 1 aromatic heterocycles. The van der Waals surface area contributed by atoms with Crippen LogP contribution in [-0.4, -0.2) is 23.8 Å². The second-order valence-corrected chi connectivity index (χ2v) is 7.36. The number of hydrogen-bond donors (Lipinski definition) is 0. The van der Waals surface area contributed by atoms with Crippen molar-refractivity contribution in [3.05, 3.63) is 94.0 Å². The molecule has 5 nitrogen and oxygen atoms in total. The van der Waals surface area contributed by atoms with Gasteiger partial charge in [0.05, 0.1) is 23.4 Å². The fourth-order valence-electron chi connectivity index (χ4n) is 3.29. The summed E-state index contributed by atoms with van der Waals surface area (Å²) in [5.41, 5.74) is 1.70. The summed E-state index contributed by atoms with van der Waals surface area (Å²) in [6.45, 7) is 0.0332. The van der Waals surface area contributed by atoms with E-state index in [0.29, 0.717) is 21.4 Å². The minimum absolute atomic E-state index is 0.0332. The lowest BCUT2D eigenvalue weighted by molar-refractivity contribution is -0.137. The first-order valence-corrected chi connectivity index (χ1v) is 9.60. The summed E-state index contributed by atoms with van der Waals surface area (Å²) < 4.78 is 5.33. The number of halogens is 2. The van der Waals surface area contributed by atoms with Crippen LogP contribution in [0.3, 0.4) is 0 Å². The Kier molecular flexibility index (Phi) is 5.18. The SMILES string of the molecule is CN(C1=C(c2ccc(Cl)cc2Cl)C(=O)N(Cc2ccco2)C1=O)c1ccccc1. The van der Waals surface area contributed by atoms with Crippen LogP contribution in [-0.2, 0) is 16.1 Å². The molecule has 0 aliphatic carbocycles. The van der Waals surface area contributed by atoms with Gasteiger partial charge in [-0.1, -0.05) is 47.5 Å². The molecule has 1 aliphatic rings. The highest BCUT2D eigenvalue weighted by Crippen LogP contribution is 2.37. The van der Waals surface area contributed by atoms with Crippen molar-refractivity contribution in [2.75, 3.05) is 11.9 Å². The second-order valence-electron chi connectivity index (χ2n) is 6.52. The van der Waals surface area contributed by atoms with E-state index >= 15 is 0 Å². The van der Waals surface area contributed by atoms with Crippen LogP contribution in [0.5, 0.6) is 0 Å². The third-order valence-corrected chi connectivity index (χ3v) is 5.26. The largest absolute Gasteiger partial charge is 0.467 e. The van der Waals surface area contributed by atoms with E-state index in [-0.39, 0.29) is 17.8 Å². The summed E-state index contributed by atoms with van der Waals surface area (Å²) >= 11 is 12.4. The molecule has 4 rings (SSSR count). The van der Waals surface area contributed by atoms with Crippen molar-refractivity contribution in [3.63, 3.8) is 0 Å². The third kappa shape index (κ3) is 3.55. The highest BCUT2D eigenvalue weighted by molar-refractivity contribution is 6.41. The fourth-order valence-corrected chi connectivity index (χ4v) is 3.80. The average Bonchev–Trinajstić information content (AvgIpc) is 3.31. The Balaban J connectivity index is 1.85. The monoisotopic (exact) mass is 426 g/mol. The maximum atomic E-state index is 13.3. The first-order valence-electron chi connectivity index (χ1n) is 8.84.